The van der Waals surface area contributed by atoms with Gasteiger partial charge in [0.15, 0.2) is 29.8 Å². The number of esters is 2. The van der Waals surface area contributed by atoms with Crippen molar-refractivity contribution < 1.29 is 37.5 Å². The van der Waals surface area contributed by atoms with Gasteiger partial charge in [-0.1, -0.05) is 40.5 Å². The Morgan fingerprint density at radius 2 is 1.64 bits per heavy atom. The van der Waals surface area contributed by atoms with Crippen molar-refractivity contribution in [3.05, 3.63) is 24.6 Å². The van der Waals surface area contributed by atoms with E-state index in [0.29, 0.717) is 12.8 Å². The van der Waals surface area contributed by atoms with Crippen LogP contribution in [0.3, 0.4) is 0 Å². The number of nitrogens with one attached hydrogen (secondary N) is 2. The van der Waals surface area contributed by atoms with Crippen molar-refractivity contribution in [1.82, 2.24) is 29.7 Å². The van der Waals surface area contributed by atoms with Crippen LogP contribution in [0.2, 0.25) is 0 Å². The van der Waals surface area contributed by atoms with E-state index in [-0.39, 0.29) is 43.0 Å². The lowest BCUT2D eigenvalue weighted by molar-refractivity contribution is -0.146. The number of halogens is 1. The van der Waals surface area contributed by atoms with Gasteiger partial charge in [0, 0.05) is 6.08 Å². The van der Waals surface area contributed by atoms with E-state index in [0.717, 1.165) is 18.9 Å². The van der Waals surface area contributed by atoms with Gasteiger partial charge >= 0.3 is 11.9 Å². The van der Waals surface area contributed by atoms with Crippen molar-refractivity contribution in [2.45, 2.75) is 90.8 Å². The lowest BCUT2D eigenvalue weighted by Crippen LogP contribution is -2.45. The molecule has 0 saturated heterocycles. The SMILES string of the molecule is CCCCOC(=O)[C@H](CC)NP(=O)(CO[C@@H]1C=C(F)[C@H](n2cnc3c(N)ncnc32)O1)N[C@@H](CC)C(=O)OCCCC. The van der Waals surface area contributed by atoms with Crippen LogP contribution in [0.15, 0.2) is 24.6 Å². The average molecular weight is 614 g/mol. The van der Waals surface area contributed by atoms with Crippen LogP contribution < -0.4 is 15.9 Å². The van der Waals surface area contributed by atoms with Gasteiger partial charge in [-0.2, -0.15) is 0 Å². The predicted octanol–water partition coefficient (Wildman–Crippen LogP) is 3.71. The third-order valence-corrected chi connectivity index (χ3v) is 8.42. The first-order valence-electron chi connectivity index (χ1n) is 14.2. The monoisotopic (exact) mass is 613 g/mol. The first-order chi connectivity index (χ1) is 20.2. The minimum atomic E-state index is -3.86. The normalized spacial score (nSPS) is 18.5. The van der Waals surface area contributed by atoms with Crippen LogP contribution in [0.5, 0.6) is 0 Å². The molecular weight excluding hydrogens is 572 g/mol. The van der Waals surface area contributed by atoms with Crippen LogP contribution in [0, 0.1) is 0 Å². The summed E-state index contributed by atoms with van der Waals surface area (Å²) in [6.45, 7) is 7.85. The maximum Gasteiger partial charge on any atom is 0.323 e. The number of imidazole rings is 1. The van der Waals surface area contributed by atoms with Gasteiger partial charge in [-0.3, -0.25) is 18.7 Å². The number of nitrogens with zero attached hydrogens (tertiary/aromatic N) is 4. The summed E-state index contributed by atoms with van der Waals surface area (Å²) >= 11 is 0. The van der Waals surface area contributed by atoms with Gasteiger partial charge in [0.1, 0.15) is 30.3 Å². The number of rotatable bonds is 18. The van der Waals surface area contributed by atoms with Gasteiger partial charge in [0.25, 0.3) is 0 Å². The molecule has 3 heterocycles. The van der Waals surface area contributed by atoms with E-state index in [9.17, 15) is 18.5 Å². The van der Waals surface area contributed by atoms with Crippen LogP contribution in [0.1, 0.15) is 72.4 Å². The molecule has 4 N–H and O–H groups in total. The number of anilines is 1. The van der Waals surface area contributed by atoms with Crippen LogP contribution in [0.4, 0.5) is 10.2 Å². The molecule has 14 nitrogen and oxygen atoms in total. The minimum absolute atomic E-state index is 0.129. The second-order valence-electron chi connectivity index (χ2n) is 9.75. The molecule has 0 radical (unpaired) electrons. The topological polar surface area (TPSA) is 182 Å². The summed E-state index contributed by atoms with van der Waals surface area (Å²) in [4.78, 5) is 37.5. The molecule has 0 unspecified atom stereocenters. The van der Waals surface area contributed by atoms with Crippen LogP contribution in [-0.4, -0.2) is 69.4 Å². The van der Waals surface area contributed by atoms with Crippen molar-refractivity contribution >= 4 is 36.4 Å². The molecule has 0 spiro atoms. The third kappa shape index (κ3) is 8.77. The van der Waals surface area contributed by atoms with Crippen molar-refractivity contribution in [3.63, 3.8) is 0 Å². The molecule has 0 aromatic carbocycles. The Kier molecular flexibility index (Phi) is 12.8. The molecule has 1 aliphatic heterocycles. The maximum absolute atomic E-state index is 15.0. The first-order valence-corrected chi connectivity index (χ1v) is 16.1. The van der Waals surface area contributed by atoms with Crippen LogP contribution >= 0.6 is 7.44 Å². The van der Waals surface area contributed by atoms with E-state index in [1.807, 2.05) is 13.8 Å². The number of fused-ring (bicyclic) bond motifs is 1. The number of carbonyl (C=O) groups is 2. The first kappa shape index (κ1) is 33.5. The molecule has 0 bridgehead atoms. The summed E-state index contributed by atoms with van der Waals surface area (Å²) in [5.41, 5.74) is 6.36. The number of ether oxygens (including phenoxy) is 4. The predicted molar refractivity (Wildman–Crippen MR) is 153 cm³/mol. The maximum atomic E-state index is 15.0. The zero-order valence-corrected chi connectivity index (χ0v) is 25.3. The molecule has 0 saturated carbocycles. The van der Waals surface area contributed by atoms with Gasteiger partial charge in [-0.25, -0.2) is 29.5 Å². The van der Waals surface area contributed by atoms with Crippen LogP contribution in [-0.2, 0) is 33.1 Å². The van der Waals surface area contributed by atoms with E-state index in [2.05, 4.69) is 25.1 Å². The molecule has 0 fully saturated rings. The summed E-state index contributed by atoms with van der Waals surface area (Å²) in [5.74, 6) is -1.72. The zero-order chi connectivity index (χ0) is 30.7. The highest BCUT2D eigenvalue weighted by molar-refractivity contribution is 7.59. The summed E-state index contributed by atoms with van der Waals surface area (Å²) in [6.07, 6.45) is 4.11. The summed E-state index contributed by atoms with van der Waals surface area (Å²) in [7, 11) is -3.86. The van der Waals surface area contributed by atoms with E-state index in [4.69, 9.17) is 24.7 Å². The average Bonchev–Trinajstić information content (AvgIpc) is 3.57. The highest BCUT2D eigenvalue weighted by Gasteiger charge is 2.37. The van der Waals surface area contributed by atoms with Crippen molar-refractivity contribution in [2.24, 2.45) is 0 Å². The van der Waals surface area contributed by atoms with E-state index >= 15 is 0 Å². The third-order valence-electron chi connectivity index (χ3n) is 6.45. The Bertz CT molecular complexity index is 1240. The Balaban J connectivity index is 1.75. The van der Waals surface area contributed by atoms with E-state index < -0.39 is 56.2 Å². The Morgan fingerprint density at radius 1 is 1.05 bits per heavy atom. The molecular formula is C26H41FN7O7P. The fourth-order valence-electron chi connectivity index (χ4n) is 4.02. The van der Waals surface area contributed by atoms with E-state index in [1.54, 1.807) is 13.8 Å². The minimum Gasteiger partial charge on any atom is -0.465 e. The smallest absolute Gasteiger partial charge is 0.323 e. The van der Waals surface area contributed by atoms with Gasteiger partial charge < -0.3 is 24.7 Å². The fraction of sp³-hybridized carbons (Fsp3) is 0.654. The van der Waals surface area contributed by atoms with Gasteiger partial charge in [-0.05, 0) is 25.7 Å². The molecule has 4 atom stereocenters. The summed E-state index contributed by atoms with van der Waals surface area (Å²) in [5, 5.41) is 5.64. The molecule has 2 aromatic rings. The second-order valence-corrected chi connectivity index (χ2v) is 12.0. The Labute approximate surface area is 244 Å². The van der Waals surface area contributed by atoms with Gasteiger partial charge in [0.05, 0.1) is 19.5 Å². The standard InChI is InChI=1S/C26H41FN7O7P/c1-5-9-11-38-25(35)18(7-3)32-42(37,33-19(8-4)26(36)39-12-10-6-2)16-40-20-13-17(27)24(41-20)34-15-31-21-22(28)29-14-30-23(21)34/h13-15,18-20,24H,5-12,16H2,1-4H3,(H2,28,29,30)(H2,32,33,37)/t18-,19-,20-,24+/m0/s1. The molecule has 234 valence electrons. The number of hydrogen-bond donors (Lipinski definition) is 3. The number of nitrogen functional groups attached to an aromatic ring is 1. The lowest BCUT2D eigenvalue weighted by atomic mass is 10.2. The highest BCUT2D eigenvalue weighted by atomic mass is 31.2. The number of nitrogens with two attached hydrogens (primary N) is 1. The molecule has 0 amide bonds. The number of aromatic nitrogens is 4. The van der Waals surface area contributed by atoms with Gasteiger partial charge in [-0.15, -0.1) is 0 Å². The Hall–Kier alpha value is -2.97. The molecule has 0 aliphatic carbocycles. The summed E-state index contributed by atoms with van der Waals surface area (Å²) in [6, 6.07) is -1.91. The molecule has 42 heavy (non-hydrogen) atoms. The number of unbranched alkanes of at least 4 members (excludes halogenated alkanes) is 2. The number of carbonyl (C=O) groups excluding carboxylic acids is 2. The Morgan fingerprint density at radius 3 is 2.19 bits per heavy atom. The highest BCUT2D eigenvalue weighted by Crippen LogP contribution is 2.41. The number of hydrogen-bond acceptors (Lipinski definition) is 11. The van der Waals surface area contributed by atoms with Crippen LogP contribution in [0.25, 0.3) is 11.2 Å². The largest absolute Gasteiger partial charge is 0.465 e. The zero-order valence-electron chi connectivity index (χ0n) is 24.5. The molecule has 1 aliphatic rings. The van der Waals surface area contributed by atoms with Gasteiger partial charge in [0.2, 0.25) is 7.44 Å². The fourth-order valence-corrected chi connectivity index (χ4v) is 6.18. The summed E-state index contributed by atoms with van der Waals surface area (Å²) < 4.78 is 52.6. The second kappa shape index (κ2) is 16.0. The lowest BCUT2D eigenvalue weighted by Gasteiger charge is -2.29. The van der Waals surface area contributed by atoms with Crippen molar-refractivity contribution in [1.29, 1.82) is 0 Å². The molecule has 2 aromatic heterocycles. The molecule has 16 heteroatoms. The van der Waals surface area contributed by atoms with E-state index in [1.165, 1.54) is 17.2 Å². The van der Waals surface area contributed by atoms with Crippen molar-refractivity contribution in [2.75, 3.05) is 25.3 Å². The quantitative estimate of drug-likeness (QED) is 0.126. The molecule has 3 rings (SSSR count). The van der Waals surface area contributed by atoms with Crippen molar-refractivity contribution in [3.8, 4) is 0 Å².